The van der Waals surface area contributed by atoms with Crippen molar-refractivity contribution in [3.8, 4) is 11.5 Å². The van der Waals surface area contributed by atoms with Crippen molar-refractivity contribution < 1.29 is 13.9 Å². The average molecular weight is 556 g/mol. The molecule has 0 aromatic heterocycles. The quantitative estimate of drug-likeness (QED) is 0.317. The maximum atomic E-state index is 14.1. The molecule has 176 valence electrons. The lowest BCUT2D eigenvalue weighted by Gasteiger charge is -2.22. The topological polar surface area (TPSA) is 49.3 Å². The van der Waals surface area contributed by atoms with E-state index in [1.54, 1.807) is 27.3 Å². The van der Waals surface area contributed by atoms with E-state index < -0.39 is 0 Å². The zero-order valence-corrected chi connectivity index (χ0v) is 21.9. The molecular formula is C24H34FIN4O2. The fraction of sp³-hybridized carbons (Fsp3) is 0.458. The lowest BCUT2D eigenvalue weighted by Crippen LogP contribution is -2.39. The van der Waals surface area contributed by atoms with Gasteiger partial charge in [-0.15, -0.1) is 24.0 Å². The zero-order valence-electron chi connectivity index (χ0n) is 19.5. The van der Waals surface area contributed by atoms with E-state index in [0.717, 1.165) is 42.5 Å². The molecule has 1 aliphatic heterocycles. The summed E-state index contributed by atoms with van der Waals surface area (Å²) < 4.78 is 24.9. The maximum absolute atomic E-state index is 14.1. The molecule has 0 saturated carbocycles. The van der Waals surface area contributed by atoms with Crippen LogP contribution in [-0.4, -0.2) is 64.2 Å². The summed E-state index contributed by atoms with van der Waals surface area (Å²) in [7, 11) is 9.02. The number of hydrogen-bond donors (Lipinski definition) is 1. The number of aliphatic imine (C=N–C) groups is 1. The third-order valence-corrected chi connectivity index (χ3v) is 5.59. The minimum atomic E-state index is -0.169. The Morgan fingerprint density at radius 1 is 1.16 bits per heavy atom. The predicted molar refractivity (Wildman–Crippen MR) is 138 cm³/mol. The molecular weight excluding hydrogens is 522 g/mol. The lowest BCUT2D eigenvalue weighted by molar-refractivity contribution is 0.392. The monoisotopic (exact) mass is 556 g/mol. The summed E-state index contributed by atoms with van der Waals surface area (Å²) in [6.07, 6.45) is 1.03. The third-order valence-electron chi connectivity index (χ3n) is 5.59. The van der Waals surface area contributed by atoms with Gasteiger partial charge in [0.15, 0.2) is 5.96 Å². The third kappa shape index (κ3) is 6.71. The van der Waals surface area contributed by atoms with Crippen molar-refractivity contribution in [1.29, 1.82) is 0 Å². The van der Waals surface area contributed by atoms with Gasteiger partial charge in [-0.05, 0) is 55.9 Å². The van der Waals surface area contributed by atoms with Gasteiger partial charge in [-0.3, -0.25) is 4.99 Å². The number of methoxy groups -OCH3 is 2. The highest BCUT2D eigenvalue weighted by Gasteiger charge is 2.27. The molecule has 1 unspecified atom stereocenters. The second kappa shape index (κ2) is 12.2. The first-order valence-corrected chi connectivity index (χ1v) is 10.5. The smallest absolute Gasteiger partial charge is 0.193 e. The number of rotatable bonds is 7. The van der Waals surface area contributed by atoms with E-state index in [9.17, 15) is 4.39 Å². The largest absolute Gasteiger partial charge is 0.497 e. The van der Waals surface area contributed by atoms with Gasteiger partial charge < -0.3 is 24.6 Å². The van der Waals surface area contributed by atoms with Crippen LogP contribution >= 0.6 is 24.0 Å². The van der Waals surface area contributed by atoms with Crippen LogP contribution < -0.4 is 14.8 Å². The molecule has 0 amide bonds. The second-order valence-corrected chi connectivity index (χ2v) is 8.14. The molecule has 1 aliphatic rings. The Kier molecular flexibility index (Phi) is 10.0. The minimum absolute atomic E-state index is 0. The van der Waals surface area contributed by atoms with Crippen LogP contribution in [0.4, 0.5) is 4.39 Å². The fourth-order valence-corrected chi connectivity index (χ4v) is 4.00. The number of likely N-dealkylation sites (tertiary alicyclic amines) is 1. The van der Waals surface area contributed by atoms with Gasteiger partial charge in [-0.1, -0.05) is 6.07 Å². The van der Waals surface area contributed by atoms with Crippen LogP contribution in [0.5, 0.6) is 11.5 Å². The summed E-state index contributed by atoms with van der Waals surface area (Å²) in [6, 6.07) is 11.3. The van der Waals surface area contributed by atoms with Crippen LogP contribution in [0.3, 0.4) is 0 Å². The number of nitrogens with zero attached hydrogens (tertiary/aromatic N) is 3. The van der Waals surface area contributed by atoms with Crippen LogP contribution in [0.15, 0.2) is 41.4 Å². The molecule has 6 nitrogen and oxygen atoms in total. The van der Waals surface area contributed by atoms with Crippen LogP contribution in [0, 0.1) is 5.82 Å². The van der Waals surface area contributed by atoms with E-state index in [-0.39, 0.29) is 29.8 Å². The van der Waals surface area contributed by atoms with Gasteiger partial charge in [0.05, 0.1) is 14.2 Å². The highest BCUT2D eigenvalue weighted by atomic mass is 127. The SMILES string of the molecule is CN=C(NCc1ccc(F)c(CN(C)C)c1)N1CCC(c2cc(OC)cc(OC)c2)C1.I. The summed E-state index contributed by atoms with van der Waals surface area (Å²) >= 11 is 0. The van der Waals surface area contributed by atoms with Crippen LogP contribution in [0.25, 0.3) is 0 Å². The summed E-state index contributed by atoms with van der Waals surface area (Å²) in [5.74, 6) is 2.68. The lowest BCUT2D eigenvalue weighted by atomic mass is 9.98. The van der Waals surface area contributed by atoms with Gasteiger partial charge in [0.1, 0.15) is 17.3 Å². The Balaban J connectivity index is 0.00000363. The average Bonchev–Trinajstić information content (AvgIpc) is 3.25. The van der Waals surface area contributed by atoms with Crippen LogP contribution in [0.1, 0.15) is 29.0 Å². The number of benzene rings is 2. The zero-order chi connectivity index (χ0) is 22.4. The maximum Gasteiger partial charge on any atom is 0.193 e. The summed E-state index contributed by atoms with van der Waals surface area (Å²) in [5.41, 5.74) is 2.95. The van der Waals surface area contributed by atoms with Crippen molar-refractivity contribution in [1.82, 2.24) is 15.1 Å². The molecule has 1 atom stereocenters. The van der Waals surface area contributed by atoms with Crippen molar-refractivity contribution in [2.24, 2.45) is 4.99 Å². The van der Waals surface area contributed by atoms with Gasteiger partial charge in [0, 0.05) is 50.8 Å². The Labute approximate surface area is 207 Å². The molecule has 1 saturated heterocycles. The molecule has 3 rings (SSSR count). The van der Waals surface area contributed by atoms with E-state index in [1.807, 2.05) is 37.2 Å². The molecule has 0 radical (unpaired) electrons. The second-order valence-electron chi connectivity index (χ2n) is 8.14. The first kappa shape index (κ1) is 26.2. The molecule has 0 bridgehead atoms. The molecule has 2 aromatic rings. The van der Waals surface area contributed by atoms with Crippen molar-refractivity contribution in [3.05, 3.63) is 58.9 Å². The van der Waals surface area contributed by atoms with Crippen LogP contribution in [0.2, 0.25) is 0 Å². The highest BCUT2D eigenvalue weighted by Crippen LogP contribution is 2.33. The highest BCUT2D eigenvalue weighted by molar-refractivity contribution is 14.0. The first-order valence-electron chi connectivity index (χ1n) is 10.5. The predicted octanol–water partition coefficient (Wildman–Crippen LogP) is 4.09. The Morgan fingerprint density at radius 2 is 1.84 bits per heavy atom. The molecule has 1 N–H and O–H groups in total. The number of nitrogens with one attached hydrogen (secondary N) is 1. The standard InChI is InChI=1S/C24H33FN4O2.HI/c1-26-24(27-14-17-6-7-23(25)20(10-17)15-28(2)3)29-9-8-18(16-29)19-11-21(30-4)13-22(12-19)31-5;/h6-7,10-13,18H,8-9,14-16H2,1-5H3,(H,26,27);1H. The Morgan fingerprint density at radius 3 is 2.44 bits per heavy atom. The molecule has 32 heavy (non-hydrogen) atoms. The molecule has 2 aromatic carbocycles. The molecule has 0 spiro atoms. The summed E-state index contributed by atoms with van der Waals surface area (Å²) in [4.78, 5) is 8.70. The van der Waals surface area contributed by atoms with E-state index >= 15 is 0 Å². The fourth-order valence-electron chi connectivity index (χ4n) is 4.00. The van der Waals surface area contributed by atoms with E-state index in [4.69, 9.17) is 9.47 Å². The molecule has 1 heterocycles. The van der Waals surface area contributed by atoms with Gasteiger partial charge in [-0.25, -0.2) is 4.39 Å². The normalized spacial score (nSPS) is 16.2. The van der Waals surface area contributed by atoms with Crippen molar-refractivity contribution in [2.45, 2.75) is 25.4 Å². The van der Waals surface area contributed by atoms with E-state index in [0.29, 0.717) is 24.6 Å². The van der Waals surface area contributed by atoms with Crippen molar-refractivity contribution in [2.75, 3.05) is 48.5 Å². The molecule has 1 fully saturated rings. The number of ether oxygens (including phenoxy) is 2. The Hall–Kier alpha value is -2.07. The van der Waals surface area contributed by atoms with E-state index in [1.165, 1.54) is 5.56 Å². The van der Waals surface area contributed by atoms with Crippen LogP contribution in [-0.2, 0) is 13.1 Å². The first-order chi connectivity index (χ1) is 14.9. The summed E-state index contributed by atoms with van der Waals surface area (Å²) in [6.45, 7) is 2.96. The molecule has 8 heteroatoms. The van der Waals surface area contributed by atoms with Gasteiger partial charge >= 0.3 is 0 Å². The number of halogens is 2. The summed E-state index contributed by atoms with van der Waals surface area (Å²) in [5, 5.41) is 3.44. The number of guanidine groups is 1. The van der Waals surface area contributed by atoms with Gasteiger partial charge in [0.25, 0.3) is 0 Å². The van der Waals surface area contributed by atoms with Crippen molar-refractivity contribution in [3.63, 3.8) is 0 Å². The molecule has 0 aliphatic carbocycles. The van der Waals surface area contributed by atoms with Crippen molar-refractivity contribution >= 4 is 29.9 Å². The number of hydrogen-bond acceptors (Lipinski definition) is 4. The Bertz CT molecular complexity index is 901. The van der Waals surface area contributed by atoms with Gasteiger partial charge in [-0.2, -0.15) is 0 Å². The van der Waals surface area contributed by atoms with Gasteiger partial charge in [0.2, 0.25) is 0 Å². The minimum Gasteiger partial charge on any atom is -0.497 e. The van der Waals surface area contributed by atoms with E-state index in [2.05, 4.69) is 27.3 Å².